The van der Waals surface area contributed by atoms with Crippen LogP contribution in [0.15, 0.2) is 77.7 Å². The predicted molar refractivity (Wildman–Crippen MR) is 145 cm³/mol. The molecule has 35 heavy (non-hydrogen) atoms. The van der Waals surface area contributed by atoms with E-state index >= 15 is 0 Å². The van der Waals surface area contributed by atoms with Gasteiger partial charge in [0.1, 0.15) is 11.5 Å². The Labute approximate surface area is 213 Å². The highest BCUT2D eigenvalue weighted by atomic mass is 32.2. The Morgan fingerprint density at radius 2 is 1.77 bits per heavy atom. The van der Waals surface area contributed by atoms with Gasteiger partial charge in [0.15, 0.2) is 10.9 Å². The van der Waals surface area contributed by atoms with E-state index in [9.17, 15) is 9.59 Å². The van der Waals surface area contributed by atoms with Crippen LogP contribution in [0.3, 0.4) is 0 Å². The minimum absolute atomic E-state index is 0.147. The summed E-state index contributed by atoms with van der Waals surface area (Å²) in [7, 11) is 0. The fourth-order valence-corrected chi connectivity index (χ4v) is 4.68. The molecule has 3 aromatic rings. The van der Waals surface area contributed by atoms with E-state index < -0.39 is 0 Å². The summed E-state index contributed by atoms with van der Waals surface area (Å²) < 4.78 is 11.6. The smallest absolute Gasteiger partial charge is 0.270 e. The molecule has 1 fully saturated rings. The lowest BCUT2D eigenvalue weighted by atomic mass is 10.2. The van der Waals surface area contributed by atoms with Crippen LogP contribution in [0, 0.1) is 6.92 Å². The largest absolute Gasteiger partial charge is 0.494 e. The zero-order valence-corrected chi connectivity index (χ0v) is 20.9. The lowest BCUT2D eigenvalue weighted by molar-refractivity contribution is -0.118. The molecule has 1 aliphatic rings. The van der Waals surface area contributed by atoms with Crippen LogP contribution in [0.4, 0.5) is 11.4 Å². The molecule has 0 atom stereocenters. The molecule has 0 aromatic heterocycles. The number of hydrogen-bond acceptors (Lipinski definition) is 6. The van der Waals surface area contributed by atoms with Gasteiger partial charge in [0, 0.05) is 5.69 Å². The molecular weight excluding hydrogens is 480 g/mol. The molecule has 0 saturated carbocycles. The fraction of sp³-hybridized carbons (Fsp3) is 0.148. The van der Waals surface area contributed by atoms with E-state index in [-0.39, 0.29) is 18.4 Å². The molecule has 4 rings (SSSR count). The second-order valence-electron chi connectivity index (χ2n) is 7.72. The molecule has 0 radical (unpaired) electrons. The molecule has 0 aliphatic carbocycles. The average Bonchev–Trinajstić information content (AvgIpc) is 3.12. The highest BCUT2D eigenvalue weighted by molar-refractivity contribution is 8.27. The molecule has 178 valence electrons. The summed E-state index contributed by atoms with van der Waals surface area (Å²) in [4.78, 5) is 27.3. The number of nitrogens with zero attached hydrogens (tertiary/aromatic N) is 1. The summed E-state index contributed by atoms with van der Waals surface area (Å²) in [6, 6.07) is 22.0. The van der Waals surface area contributed by atoms with Crippen molar-refractivity contribution in [2.24, 2.45) is 0 Å². The van der Waals surface area contributed by atoms with E-state index in [4.69, 9.17) is 21.7 Å². The second kappa shape index (κ2) is 11.2. The van der Waals surface area contributed by atoms with Crippen LogP contribution in [0.25, 0.3) is 6.08 Å². The summed E-state index contributed by atoms with van der Waals surface area (Å²) in [5.74, 6) is 0.826. The van der Waals surface area contributed by atoms with Gasteiger partial charge in [0.2, 0.25) is 0 Å². The van der Waals surface area contributed by atoms with E-state index in [2.05, 4.69) is 5.32 Å². The Morgan fingerprint density at radius 1 is 1.03 bits per heavy atom. The number of carbonyl (C=O) groups excluding carboxylic acids is 2. The first-order chi connectivity index (χ1) is 16.9. The SMILES string of the molecule is CCOc1ccc(NC(=O)COc2cccc(/C=C3\SC(=S)N(c4ccc(C)cc4)C3=O)c2)cc1. The number of aryl methyl sites for hydroxylation is 1. The van der Waals surface area contributed by atoms with Gasteiger partial charge < -0.3 is 14.8 Å². The van der Waals surface area contributed by atoms with Gasteiger partial charge in [-0.1, -0.05) is 53.8 Å². The van der Waals surface area contributed by atoms with Crippen molar-refractivity contribution in [2.45, 2.75) is 13.8 Å². The van der Waals surface area contributed by atoms with E-state index in [1.54, 1.807) is 42.5 Å². The lowest BCUT2D eigenvalue weighted by Gasteiger charge is -2.14. The summed E-state index contributed by atoms with van der Waals surface area (Å²) in [5, 5.41) is 2.79. The van der Waals surface area contributed by atoms with Gasteiger partial charge in [-0.25, -0.2) is 0 Å². The van der Waals surface area contributed by atoms with Gasteiger partial charge in [-0.05, 0) is 74.0 Å². The van der Waals surface area contributed by atoms with Gasteiger partial charge >= 0.3 is 0 Å². The van der Waals surface area contributed by atoms with Crippen molar-refractivity contribution >= 4 is 57.6 Å². The van der Waals surface area contributed by atoms with Crippen molar-refractivity contribution in [1.82, 2.24) is 0 Å². The standard InChI is InChI=1S/C27H24N2O4S2/c1-3-32-22-13-9-20(10-14-22)28-25(30)17-33-23-6-4-5-19(15-23)16-24-26(31)29(27(34)35-24)21-11-7-18(2)8-12-21/h4-16H,3,17H2,1-2H3,(H,28,30)/b24-16-. The third-order valence-electron chi connectivity index (χ3n) is 5.06. The number of ether oxygens (including phenoxy) is 2. The number of hydrogen-bond donors (Lipinski definition) is 1. The molecule has 1 saturated heterocycles. The third kappa shape index (κ3) is 6.29. The molecule has 0 bridgehead atoms. The van der Waals surface area contributed by atoms with Crippen molar-refractivity contribution in [3.8, 4) is 11.5 Å². The number of benzene rings is 3. The zero-order chi connectivity index (χ0) is 24.8. The van der Waals surface area contributed by atoms with Crippen LogP contribution in [0.1, 0.15) is 18.1 Å². The highest BCUT2D eigenvalue weighted by Gasteiger charge is 2.33. The maximum atomic E-state index is 13.0. The molecule has 0 unspecified atom stereocenters. The second-order valence-corrected chi connectivity index (χ2v) is 9.40. The number of anilines is 2. The van der Waals surface area contributed by atoms with E-state index in [1.807, 2.05) is 50.2 Å². The molecule has 1 aliphatic heterocycles. The van der Waals surface area contributed by atoms with Crippen molar-refractivity contribution in [1.29, 1.82) is 0 Å². The maximum absolute atomic E-state index is 13.0. The quantitative estimate of drug-likeness (QED) is 0.308. The zero-order valence-electron chi connectivity index (χ0n) is 19.3. The van der Waals surface area contributed by atoms with Gasteiger partial charge in [0.25, 0.3) is 11.8 Å². The van der Waals surface area contributed by atoms with Crippen LogP contribution in [-0.2, 0) is 9.59 Å². The Bertz CT molecular complexity index is 1270. The molecule has 1 heterocycles. The van der Waals surface area contributed by atoms with Crippen LogP contribution < -0.4 is 19.7 Å². The summed E-state index contributed by atoms with van der Waals surface area (Å²) in [5.41, 5.74) is 3.29. The van der Waals surface area contributed by atoms with E-state index in [1.165, 1.54) is 16.7 Å². The van der Waals surface area contributed by atoms with E-state index in [0.717, 1.165) is 22.6 Å². The van der Waals surface area contributed by atoms with Crippen LogP contribution in [-0.4, -0.2) is 29.3 Å². The molecule has 0 spiro atoms. The summed E-state index contributed by atoms with van der Waals surface area (Å²) in [6.45, 7) is 4.34. The Morgan fingerprint density at radius 3 is 2.49 bits per heavy atom. The first-order valence-corrected chi connectivity index (χ1v) is 12.3. The monoisotopic (exact) mass is 504 g/mol. The van der Waals surface area contributed by atoms with Crippen molar-refractivity contribution in [2.75, 3.05) is 23.4 Å². The van der Waals surface area contributed by atoms with Gasteiger partial charge in [-0.3, -0.25) is 14.5 Å². The average molecular weight is 505 g/mol. The lowest BCUT2D eigenvalue weighted by Crippen LogP contribution is -2.27. The van der Waals surface area contributed by atoms with E-state index in [0.29, 0.717) is 27.3 Å². The number of thioether (sulfide) groups is 1. The predicted octanol–water partition coefficient (Wildman–Crippen LogP) is 5.82. The molecule has 8 heteroatoms. The molecule has 6 nitrogen and oxygen atoms in total. The normalized spacial score (nSPS) is 14.3. The minimum Gasteiger partial charge on any atom is -0.494 e. The number of nitrogens with one attached hydrogen (secondary N) is 1. The van der Waals surface area contributed by atoms with Crippen molar-refractivity contribution in [3.63, 3.8) is 0 Å². The molecular formula is C27H24N2O4S2. The van der Waals surface area contributed by atoms with Gasteiger partial charge in [-0.15, -0.1) is 0 Å². The molecule has 3 aromatic carbocycles. The summed E-state index contributed by atoms with van der Waals surface area (Å²) >= 11 is 6.71. The Hall–Kier alpha value is -3.62. The number of amides is 2. The van der Waals surface area contributed by atoms with Crippen LogP contribution in [0.5, 0.6) is 11.5 Å². The minimum atomic E-state index is -0.279. The fourth-order valence-electron chi connectivity index (χ4n) is 3.38. The van der Waals surface area contributed by atoms with Crippen molar-refractivity contribution < 1.29 is 19.1 Å². The van der Waals surface area contributed by atoms with Crippen LogP contribution >= 0.6 is 24.0 Å². The number of carbonyl (C=O) groups is 2. The Balaban J connectivity index is 1.38. The first kappa shape index (κ1) is 24.5. The van der Waals surface area contributed by atoms with Crippen molar-refractivity contribution in [3.05, 3.63) is 88.8 Å². The highest BCUT2D eigenvalue weighted by Crippen LogP contribution is 2.36. The van der Waals surface area contributed by atoms with Gasteiger partial charge in [-0.2, -0.15) is 0 Å². The first-order valence-electron chi connectivity index (χ1n) is 11.0. The number of thiocarbonyl (C=S) groups is 1. The maximum Gasteiger partial charge on any atom is 0.270 e. The number of rotatable bonds is 8. The third-order valence-corrected chi connectivity index (χ3v) is 6.36. The topological polar surface area (TPSA) is 67.9 Å². The van der Waals surface area contributed by atoms with Crippen LogP contribution in [0.2, 0.25) is 0 Å². The molecule has 1 N–H and O–H groups in total. The summed E-state index contributed by atoms with van der Waals surface area (Å²) in [6.07, 6.45) is 1.78. The van der Waals surface area contributed by atoms with Gasteiger partial charge in [0.05, 0.1) is 17.2 Å². The molecule has 2 amide bonds. The Kier molecular flexibility index (Phi) is 7.84.